The molecule has 0 aromatic heterocycles. The van der Waals surface area contributed by atoms with Gasteiger partial charge in [0.15, 0.2) is 17.5 Å². The lowest BCUT2D eigenvalue weighted by atomic mass is 10.2. The molecule has 1 aromatic rings. The highest BCUT2D eigenvalue weighted by Crippen LogP contribution is 2.32. The van der Waals surface area contributed by atoms with Gasteiger partial charge in [0.05, 0.1) is 6.54 Å². The smallest absolute Gasteiger partial charge is 0.231 e. The van der Waals surface area contributed by atoms with E-state index in [2.05, 4.69) is 20.9 Å². The van der Waals surface area contributed by atoms with Crippen LogP contribution in [0.25, 0.3) is 0 Å². The van der Waals surface area contributed by atoms with Crippen LogP contribution >= 0.6 is 0 Å². The van der Waals surface area contributed by atoms with Crippen molar-refractivity contribution in [2.45, 2.75) is 26.3 Å². The molecule has 1 aliphatic carbocycles. The van der Waals surface area contributed by atoms with Gasteiger partial charge in [-0.2, -0.15) is 0 Å². The molecule has 1 amide bonds. The van der Waals surface area contributed by atoms with E-state index in [1.54, 1.807) is 0 Å². The van der Waals surface area contributed by atoms with E-state index in [1.165, 1.54) is 0 Å². The number of benzene rings is 1. The second kappa shape index (κ2) is 7.90. The van der Waals surface area contributed by atoms with Gasteiger partial charge in [-0.1, -0.05) is 6.07 Å². The molecule has 0 unspecified atom stereocenters. The lowest BCUT2D eigenvalue weighted by Gasteiger charge is -2.12. The number of guanidine groups is 1. The van der Waals surface area contributed by atoms with Crippen molar-refractivity contribution in [3.05, 3.63) is 23.8 Å². The van der Waals surface area contributed by atoms with Crippen LogP contribution < -0.4 is 25.4 Å². The lowest BCUT2D eigenvalue weighted by Crippen LogP contribution is -2.41. The molecular weight excluding hydrogens is 308 g/mol. The Morgan fingerprint density at radius 1 is 1.17 bits per heavy atom. The number of fused-ring (bicyclic) bond motifs is 1. The molecule has 0 spiro atoms. The number of amides is 1. The zero-order valence-corrected chi connectivity index (χ0v) is 13.9. The molecule has 1 fully saturated rings. The van der Waals surface area contributed by atoms with Crippen molar-refractivity contribution in [2.75, 3.05) is 26.4 Å². The Hall–Kier alpha value is -2.44. The number of nitrogens with one attached hydrogen (secondary N) is 3. The Labute approximate surface area is 141 Å². The molecule has 7 nitrogen and oxygen atoms in total. The van der Waals surface area contributed by atoms with Crippen LogP contribution in [0, 0.1) is 5.92 Å². The summed E-state index contributed by atoms with van der Waals surface area (Å²) in [5, 5.41) is 9.35. The number of hydrogen-bond acceptors (Lipinski definition) is 4. The predicted molar refractivity (Wildman–Crippen MR) is 91.1 cm³/mol. The normalized spacial score (nSPS) is 16.0. The number of carbonyl (C=O) groups excluding carboxylic acids is 1. The molecule has 1 saturated carbocycles. The Morgan fingerprint density at radius 2 is 1.96 bits per heavy atom. The summed E-state index contributed by atoms with van der Waals surface area (Å²) in [5.41, 5.74) is 1.05. The first kappa shape index (κ1) is 16.4. The monoisotopic (exact) mass is 332 g/mol. The Kier molecular flexibility index (Phi) is 5.40. The van der Waals surface area contributed by atoms with Gasteiger partial charge in [-0.25, -0.2) is 4.99 Å². The van der Waals surface area contributed by atoms with Crippen molar-refractivity contribution >= 4 is 11.9 Å². The fourth-order valence-corrected chi connectivity index (χ4v) is 2.41. The number of ether oxygens (including phenoxy) is 2. The third-order valence-corrected chi connectivity index (χ3v) is 3.87. The molecule has 0 bridgehead atoms. The number of nitrogens with zero attached hydrogens (tertiary/aromatic N) is 1. The Balaban J connectivity index is 1.46. The van der Waals surface area contributed by atoms with E-state index < -0.39 is 0 Å². The third-order valence-electron chi connectivity index (χ3n) is 3.87. The van der Waals surface area contributed by atoms with Crippen LogP contribution in [0.15, 0.2) is 23.2 Å². The van der Waals surface area contributed by atoms with Crippen LogP contribution in [0.4, 0.5) is 0 Å². The van der Waals surface area contributed by atoms with E-state index in [9.17, 15) is 4.79 Å². The van der Waals surface area contributed by atoms with Gasteiger partial charge in [0, 0.05) is 25.6 Å². The third kappa shape index (κ3) is 4.53. The minimum atomic E-state index is 0.166. The van der Waals surface area contributed by atoms with Crippen LogP contribution in [0.3, 0.4) is 0 Å². The zero-order valence-electron chi connectivity index (χ0n) is 13.9. The summed E-state index contributed by atoms with van der Waals surface area (Å²) < 4.78 is 10.7. The van der Waals surface area contributed by atoms with Crippen LogP contribution in [-0.4, -0.2) is 38.3 Å². The summed E-state index contributed by atoms with van der Waals surface area (Å²) in [4.78, 5) is 16.1. The molecule has 130 valence electrons. The first-order valence-corrected chi connectivity index (χ1v) is 8.44. The molecule has 3 rings (SSSR count). The molecule has 1 heterocycles. The number of hydrogen-bond donors (Lipinski definition) is 3. The molecule has 3 N–H and O–H groups in total. The Bertz CT molecular complexity index is 614. The summed E-state index contributed by atoms with van der Waals surface area (Å²) >= 11 is 0. The summed E-state index contributed by atoms with van der Waals surface area (Å²) in [7, 11) is 0. The first-order chi connectivity index (χ1) is 11.8. The van der Waals surface area contributed by atoms with E-state index in [4.69, 9.17) is 9.47 Å². The molecule has 1 aliphatic heterocycles. The van der Waals surface area contributed by atoms with Gasteiger partial charge < -0.3 is 25.4 Å². The average molecular weight is 332 g/mol. The van der Waals surface area contributed by atoms with Gasteiger partial charge in [-0.05, 0) is 37.5 Å². The lowest BCUT2D eigenvalue weighted by molar-refractivity contribution is -0.122. The summed E-state index contributed by atoms with van der Waals surface area (Å²) in [6, 6.07) is 5.84. The van der Waals surface area contributed by atoms with Crippen molar-refractivity contribution < 1.29 is 14.3 Å². The van der Waals surface area contributed by atoms with Gasteiger partial charge in [0.1, 0.15) is 0 Å². The van der Waals surface area contributed by atoms with Gasteiger partial charge in [-0.3, -0.25) is 4.79 Å². The number of rotatable bonds is 7. The van der Waals surface area contributed by atoms with Crippen molar-refractivity contribution in [1.82, 2.24) is 16.0 Å². The molecule has 2 aliphatic rings. The van der Waals surface area contributed by atoms with Crippen LogP contribution in [0.2, 0.25) is 0 Å². The van der Waals surface area contributed by atoms with E-state index >= 15 is 0 Å². The highest BCUT2D eigenvalue weighted by molar-refractivity contribution is 5.81. The maximum Gasteiger partial charge on any atom is 0.231 e. The molecule has 1 aromatic carbocycles. The van der Waals surface area contributed by atoms with E-state index in [0.717, 1.165) is 42.4 Å². The highest BCUT2D eigenvalue weighted by Gasteiger charge is 2.28. The Morgan fingerprint density at radius 3 is 2.75 bits per heavy atom. The van der Waals surface area contributed by atoms with Gasteiger partial charge >= 0.3 is 0 Å². The average Bonchev–Trinajstić information content (AvgIpc) is 3.34. The van der Waals surface area contributed by atoms with E-state index in [0.29, 0.717) is 19.6 Å². The summed E-state index contributed by atoms with van der Waals surface area (Å²) in [6.07, 6.45) is 2.05. The number of carbonyl (C=O) groups is 1. The maximum atomic E-state index is 11.6. The van der Waals surface area contributed by atoms with Crippen molar-refractivity contribution in [2.24, 2.45) is 10.9 Å². The second-order valence-electron chi connectivity index (χ2n) is 5.87. The molecule has 7 heteroatoms. The largest absolute Gasteiger partial charge is 0.454 e. The topological polar surface area (TPSA) is 84.0 Å². The predicted octanol–water partition coefficient (Wildman–Crippen LogP) is 0.997. The van der Waals surface area contributed by atoms with E-state index in [1.807, 2.05) is 25.1 Å². The van der Waals surface area contributed by atoms with Gasteiger partial charge in [-0.15, -0.1) is 0 Å². The summed E-state index contributed by atoms with van der Waals surface area (Å²) in [6.45, 7) is 4.86. The standard InChI is InChI=1S/C17H24N4O3/c1-2-18-17(20-8-7-19-16(22)13-4-5-13)21-10-12-3-6-14-15(9-12)24-11-23-14/h3,6,9,13H,2,4-5,7-8,10-11H2,1H3,(H,19,22)(H2,18,20,21). The molecule has 0 saturated heterocycles. The van der Waals surface area contributed by atoms with Gasteiger partial charge in [0.2, 0.25) is 12.7 Å². The van der Waals surface area contributed by atoms with E-state index in [-0.39, 0.29) is 18.6 Å². The van der Waals surface area contributed by atoms with Gasteiger partial charge in [0.25, 0.3) is 0 Å². The van der Waals surface area contributed by atoms with Crippen molar-refractivity contribution in [3.8, 4) is 11.5 Å². The number of aliphatic imine (C=N–C) groups is 1. The minimum Gasteiger partial charge on any atom is -0.454 e. The molecular formula is C17H24N4O3. The molecule has 0 radical (unpaired) electrons. The quantitative estimate of drug-likeness (QED) is 0.394. The molecule has 0 atom stereocenters. The first-order valence-electron chi connectivity index (χ1n) is 8.44. The minimum absolute atomic E-state index is 0.166. The fraction of sp³-hybridized carbons (Fsp3) is 0.529. The van der Waals surface area contributed by atoms with Crippen LogP contribution in [-0.2, 0) is 11.3 Å². The fourth-order valence-electron chi connectivity index (χ4n) is 2.41. The van der Waals surface area contributed by atoms with Crippen LogP contribution in [0.5, 0.6) is 11.5 Å². The maximum absolute atomic E-state index is 11.6. The second-order valence-corrected chi connectivity index (χ2v) is 5.87. The highest BCUT2D eigenvalue weighted by atomic mass is 16.7. The van der Waals surface area contributed by atoms with Crippen molar-refractivity contribution in [1.29, 1.82) is 0 Å². The van der Waals surface area contributed by atoms with Crippen molar-refractivity contribution in [3.63, 3.8) is 0 Å². The SMILES string of the molecule is CCNC(=NCc1ccc2c(c1)OCO2)NCCNC(=O)C1CC1. The summed E-state index contributed by atoms with van der Waals surface area (Å²) in [5.74, 6) is 2.69. The van der Waals surface area contributed by atoms with Crippen LogP contribution in [0.1, 0.15) is 25.3 Å². The molecule has 24 heavy (non-hydrogen) atoms. The zero-order chi connectivity index (χ0) is 16.8.